The van der Waals surface area contributed by atoms with Gasteiger partial charge in [0.1, 0.15) is 4.88 Å². The highest BCUT2D eigenvalue weighted by Crippen LogP contribution is 2.26. The van der Waals surface area contributed by atoms with Crippen LogP contribution in [0.5, 0.6) is 0 Å². The van der Waals surface area contributed by atoms with Crippen LogP contribution in [0.1, 0.15) is 64.5 Å². The van der Waals surface area contributed by atoms with Gasteiger partial charge in [0.15, 0.2) is 0 Å². The van der Waals surface area contributed by atoms with Gasteiger partial charge < -0.3 is 4.90 Å². The largest absolute Gasteiger partial charge is 0.338 e. The summed E-state index contributed by atoms with van der Waals surface area (Å²) in [6.45, 7) is 1.96. The summed E-state index contributed by atoms with van der Waals surface area (Å²) in [4.78, 5) is 20.4. The molecule has 24 heavy (non-hydrogen) atoms. The molecule has 1 fully saturated rings. The first-order valence-corrected chi connectivity index (χ1v) is 9.74. The summed E-state index contributed by atoms with van der Waals surface area (Å²) in [6, 6.07) is 10.7. The minimum atomic E-state index is 0.149. The van der Waals surface area contributed by atoms with E-state index >= 15 is 0 Å². The minimum Gasteiger partial charge on any atom is -0.338 e. The zero-order valence-corrected chi connectivity index (χ0v) is 15.4. The maximum Gasteiger partial charge on any atom is 0.265 e. The number of hydrogen-bond acceptors (Lipinski definition) is 3. The quantitative estimate of drug-likeness (QED) is 0.745. The lowest BCUT2D eigenvalue weighted by atomic mass is 10.1. The summed E-state index contributed by atoms with van der Waals surface area (Å²) < 4.78 is 0. The Morgan fingerprint density at radius 1 is 1.17 bits per heavy atom. The summed E-state index contributed by atoms with van der Waals surface area (Å²) in [6.07, 6.45) is 8.16. The van der Waals surface area contributed by atoms with Crippen molar-refractivity contribution in [3.05, 3.63) is 51.5 Å². The van der Waals surface area contributed by atoms with E-state index in [1.807, 2.05) is 37.1 Å². The SMILES string of the molecule is Cc1nc(Cc2ccccc2)sc1C(=O)N(C)C1CCCCCC1. The van der Waals surface area contributed by atoms with E-state index in [2.05, 4.69) is 17.1 Å². The molecule has 0 N–H and O–H groups in total. The molecule has 1 saturated carbocycles. The van der Waals surface area contributed by atoms with Gasteiger partial charge >= 0.3 is 0 Å². The highest BCUT2D eigenvalue weighted by Gasteiger charge is 2.25. The fraction of sp³-hybridized carbons (Fsp3) is 0.500. The molecular formula is C20H26N2OS. The van der Waals surface area contributed by atoms with Crippen LogP contribution >= 0.6 is 11.3 Å². The van der Waals surface area contributed by atoms with Crippen molar-refractivity contribution in [3.63, 3.8) is 0 Å². The molecule has 0 unspecified atom stereocenters. The van der Waals surface area contributed by atoms with E-state index < -0.39 is 0 Å². The lowest BCUT2D eigenvalue weighted by molar-refractivity contribution is 0.0721. The summed E-state index contributed by atoms with van der Waals surface area (Å²) in [5, 5.41) is 1.02. The molecule has 0 bridgehead atoms. The van der Waals surface area contributed by atoms with Crippen molar-refractivity contribution in [3.8, 4) is 0 Å². The number of rotatable bonds is 4. The van der Waals surface area contributed by atoms with Crippen LogP contribution in [0.2, 0.25) is 0 Å². The number of amides is 1. The Morgan fingerprint density at radius 2 is 1.83 bits per heavy atom. The van der Waals surface area contributed by atoms with Gasteiger partial charge in [-0.25, -0.2) is 4.98 Å². The molecular weight excluding hydrogens is 316 g/mol. The van der Waals surface area contributed by atoms with E-state index in [0.29, 0.717) is 6.04 Å². The number of thiazole rings is 1. The zero-order valence-electron chi connectivity index (χ0n) is 14.6. The van der Waals surface area contributed by atoms with Crippen LogP contribution in [0.15, 0.2) is 30.3 Å². The summed E-state index contributed by atoms with van der Waals surface area (Å²) in [7, 11) is 1.97. The molecule has 1 aromatic carbocycles. The first kappa shape index (κ1) is 17.2. The molecule has 0 atom stereocenters. The summed E-state index contributed by atoms with van der Waals surface area (Å²) in [5.74, 6) is 0.149. The van der Waals surface area contributed by atoms with Gasteiger partial charge in [-0.15, -0.1) is 11.3 Å². The predicted octanol–water partition coefficient (Wildman–Crippen LogP) is 4.84. The van der Waals surface area contributed by atoms with Gasteiger partial charge in [0, 0.05) is 19.5 Å². The summed E-state index contributed by atoms with van der Waals surface area (Å²) in [5.41, 5.74) is 2.11. The second kappa shape index (κ2) is 7.93. The van der Waals surface area contributed by atoms with Gasteiger partial charge in [0.05, 0.1) is 10.7 Å². The third-order valence-electron chi connectivity index (χ3n) is 4.93. The molecule has 1 heterocycles. The van der Waals surface area contributed by atoms with Crippen LogP contribution in [0.4, 0.5) is 0 Å². The molecule has 0 radical (unpaired) electrons. The first-order chi connectivity index (χ1) is 11.6. The van der Waals surface area contributed by atoms with Gasteiger partial charge in [0.25, 0.3) is 5.91 Å². The number of benzene rings is 1. The van der Waals surface area contributed by atoms with Crippen LogP contribution in [-0.4, -0.2) is 28.9 Å². The zero-order chi connectivity index (χ0) is 16.9. The molecule has 0 spiro atoms. The Morgan fingerprint density at radius 3 is 2.50 bits per heavy atom. The van der Waals surface area contributed by atoms with E-state index in [-0.39, 0.29) is 5.91 Å². The van der Waals surface area contributed by atoms with Crippen molar-refractivity contribution < 1.29 is 4.79 Å². The van der Waals surface area contributed by atoms with E-state index in [1.54, 1.807) is 11.3 Å². The van der Waals surface area contributed by atoms with Gasteiger partial charge in [-0.3, -0.25) is 4.79 Å². The van der Waals surface area contributed by atoms with E-state index in [1.165, 1.54) is 31.2 Å². The molecule has 1 amide bonds. The van der Waals surface area contributed by atoms with Crippen molar-refractivity contribution in [1.29, 1.82) is 0 Å². The van der Waals surface area contributed by atoms with Crippen LogP contribution < -0.4 is 0 Å². The molecule has 0 aliphatic heterocycles. The minimum absolute atomic E-state index is 0.149. The van der Waals surface area contributed by atoms with E-state index in [0.717, 1.165) is 34.8 Å². The maximum absolute atomic E-state index is 12.9. The fourth-order valence-electron chi connectivity index (χ4n) is 3.47. The highest BCUT2D eigenvalue weighted by atomic mass is 32.1. The standard InChI is InChI=1S/C20H26N2OS/c1-15-19(20(23)22(2)17-12-8-3-4-9-13-17)24-18(21-15)14-16-10-6-5-7-11-16/h5-7,10-11,17H,3-4,8-9,12-14H2,1-2H3. The van der Waals surface area contributed by atoms with Crippen LogP contribution in [0, 0.1) is 6.92 Å². The number of carbonyl (C=O) groups excluding carboxylic acids is 1. The second-order valence-electron chi connectivity index (χ2n) is 6.75. The molecule has 128 valence electrons. The van der Waals surface area contributed by atoms with Crippen LogP contribution in [0.25, 0.3) is 0 Å². The third kappa shape index (κ3) is 4.04. The van der Waals surface area contributed by atoms with E-state index in [9.17, 15) is 4.79 Å². The predicted molar refractivity (Wildman–Crippen MR) is 99.7 cm³/mol. The molecule has 1 aliphatic carbocycles. The normalized spacial score (nSPS) is 15.9. The lowest BCUT2D eigenvalue weighted by Gasteiger charge is -2.26. The van der Waals surface area contributed by atoms with E-state index in [4.69, 9.17) is 0 Å². The molecule has 1 aliphatic rings. The number of aromatic nitrogens is 1. The van der Waals surface area contributed by atoms with Gasteiger partial charge in [-0.05, 0) is 25.3 Å². The highest BCUT2D eigenvalue weighted by molar-refractivity contribution is 7.13. The average molecular weight is 343 g/mol. The molecule has 3 rings (SSSR count). The average Bonchev–Trinajstić information content (AvgIpc) is 2.79. The van der Waals surface area contributed by atoms with Crippen LogP contribution in [0.3, 0.4) is 0 Å². The molecule has 0 saturated heterocycles. The Bertz CT molecular complexity index is 672. The van der Waals surface area contributed by atoms with Gasteiger partial charge in [-0.1, -0.05) is 56.0 Å². The molecule has 2 aromatic rings. The monoisotopic (exact) mass is 342 g/mol. The second-order valence-corrected chi connectivity index (χ2v) is 7.83. The summed E-state index contributed by atoms with van der Waals surface area (Å²) >= 11 is 1.56. The molecule has 1 aromatic heterocycles. The lowest BCUT2D eigenvalue weighted by Crippen LogP contribution is -2.36. The third-order valence-corrected chi connectivity index (χ3v) is 6.07. The number of nitrogens with zero attached hydrogens (tertiary/aromatic N) is 2. The van der Waals surface area contributed by atoms with Crippen LogP contribution in [-0.2, 0) is 6.42 Å². The Balaban J connectivity index is 1.72. The Hall–Kier alpha value is -1.68. The Labute approximate surface area is 148 Å². The van der Waals surface area contributed by atoms with Gasteiger partial charge in [-0.2, -0.15) is 0 Å². The maximum atomic E-state index is 12.9. The molecule has 4 heteroatoms. The van der Waals surface area contributed by atoms with Crippen molar-refractivity contribution in [2.24, 2.45) is 0 Å². The first-order valence-electron chi connectivity index (χ1n) is 8.92. The topological polar surface area (TPSA) is 33.2 Å². The van der Waals surface area contributed by atoms with Crippen molar-refractivity contribution in [2.45, 2.75) is 57.9 Å². The van der Waals surface area contributed by atoms with Gasteiger partial charge in [0.2, 0.25) is 0 Å². The number of carbonyl (C=O) groups is 1. The number of hydrogen-bond donors (Lipinski definition) is 0. The molecule has 3 nitrogen and oxygen atoms in total. The van der Waals surface area contributed by atoms with Crippen molar-refractivity contribution in [2.75, 3.05) is 7.05 Å². The van der Waals surface area contributed by atoms with Crippen molar-refractivity contribution >= 4 is 17.2 Å². The Kier molecular flexibility index (Phi) is 5.67. The van der Waals surface area contributed by atoms with Crippen molar-refractivity contribution in [1.82, 2.24) is 9.88 Å². The fourth-order valence-corrected chi connectivity index (χ4v) is 4.55. The smallest absolute Gasteiger partial charge is 0.265 e. The number of aryl methyl sites for hydroxylation is 1.